The van der Waals surface area contributed by atoms with E-state index in [4.69, 9.17) is 4.74 Å². The number of benzene rings is 3. The molecule has 0 radical (unpaired) electrons. The number of anilines is 1. The molecule has 5 nitrogen and oxygen atoms in total. The van der Waals surface area contributed by atoms with Crippen molar-refractivity contribution in [1.82, 2.24) is 9.88 Å². The number of aromatic amines is 1. The summed E-state index contributed by atoms with van der Waals surface area (Å²) in [4.78, 5) is 5.57. The van der Waals surface area contributed by atoms with E-state index >= 15 is 0 Å². The minimum atomic E-state index is 0.586. The highest BCUT2D eigenvalue weighted by molar-refractivity contribution is 6.09. The lowest BCUT2D eigenvalue weighted by Gasteiger charge is -2.16. The van der Waals surface area contributed by atoms with E-state index in [0.717, 1.165) is 39.8 Å². The molecular weight excluding hydrogens is 338 g/mol. The van der Waals surface area contributed by atoms with Crippen molar-refractivity contribution < 1.29 is 9.94 Å². The third-order valence-corrected chi connectivity index (χ3v) is 4.74. The van der Waals surface area contributed by atoms with Crippen LogP contribution in [0.25, 0.3) is 32.9 Å². The van der Waals surface area contributed by atoms with Gasteiger partial charge in [0.25, 0.3) is 0 Å². The monoisotopic (exact) mass is 361 g/mol. The van der Waals surface area contributed by atoms with E-state index in [2.05, 4.69) is 39.6 Å². The van der Waals surface area contributed by atoms with E-state index in [9.17, 15) is 5.21 Å². The Hall–Kier alpha value is -3.02. The average Bonchev–Trinajstić information content (AvgIpc) is 3.04. The predicted molar refractivity (Wildman–Crippen MR) is 111 cm³/mol. The summed E-state index contributed by atoms with van der Waals surface area (Å²) >= 11 is 0. The molecule has 0 atom stereocenters. The van der Waals surface area contributed by atoms with Crippen molar-refractivity contribution in [3.63, 3.8) is 0 Å². The highest BCUT2D eigenvalue weighted by Gasteiger charge is 2.15. The molecule has 0 amide bonds. The van der Waals surface area contributed by atoms with Crippen molar-refractivity contribution in [2.45, 2.75) is 0 Å². The molecular formula is C22H23N3O2. The zero-order valence-electron chi connectivity index (χ0n) is 15.5. The Labute approximate surface area is 158 Å². The van der Waals surface area contributed by atoms with Crippen molar-refractivity contribution >= 4 is 27.5 Å². The number of H-pyrrole nitrogens is 1. The zero-order valence-corrected chi connectivity index (χ0v) is 15.5. The van der Waals surface area contributed by atoms with Crippen LogP contribution in [0.4, 0.5) is 5.69 Å². The fraction of sp³-hybridized carbons (Fsp3) is 0.182. The highest BCUT2D eigenvalue weighted by atomic mass is 16.5. The molecule has 1 heterocycles. The number of ether oxygens (including phenoxy) is 1. The zero-order chi connectivity index (χ0) is 18.8. The van der Waals surface area contributed by atoms with E-state index in [-0.39, 0.29) is 0 Å². The first kappa shape index (κ1) is 17.4. The maximum Gasteiger partial charge on any atom is 0.128 e. The Morgan fingerprint density at radius 3 is 2.52 bits per heavy atom. The van der Waals surface area contributed by atoms with Crippen LogP contribution in [-0.4, -0.2) is 42.3 Å². The number of nitrogens with zero attached hydrogens (tertiary/aromatic N) is 1. The summed E-state index contributed by atoms with van der Waals surface area (Å²) in [5.74, 6) is 0.803. The fourth-order valence-electron chi connectivity index (χ4n) is 3.36. The Balaban J connectivity index is 1.90. The maximum absolute atomic E-state index is 9.54. The molecule has 0 aliphatic heterocycles. The van der Waals surface area contributed by atoms with Crippen LogP contribution in [-0.2, 0) is 0 Å². The first-order valence-corrected chi connectivity index (χ1v) is 8.99. The summed E-state index contributed by atoms with van der Waals surface area (Å²) in [7, 11) is 4.05. The normalized spacial score (nSPS) is 11.4. The van der Waals surface area contributed by atoms with Crippen molar-refractivity contribution in [3.05, 3.63) is 60.7 Å². The number of hydrogen-bond acceptors (Lipinski definition) is 4. The summed E-state index contributed by atoms with van der Waals surface area (Å²) in [6.45, 7) is 1.41. The number of hydrogen-bond donors (Lipinski definition) is 3. The van der Waals surface area contributed by atoms with Gasteiger partial charge in [0.15, 0.2) is 0 Å². The SMILES string of the molecule is CN(C)CCOc1cc2c(cc1-c1ccccc1NO)[nH]c1ccccc12. The first-order valence-electron chi connectivity index (χ1n) is 8.99. The molecule has 0 saturated carbocycles. The van der Waals surface area contributed by atoms with Crippen LogP contribution in [0.3, 0.4) is 0 Å². The quantitative estimate of drug-likeness (QED) is 0.435. The molecule has 0 aliphatic carbocycles. The van der Waals surface area contributed by atoms with Gasteiger partial charge >= 0.3 is 0 Å². The molecule has 0 aliphatic rings. The van der Waals surface area contributed by atoms with Gasteiger partial charge in [-0.25, -0.2) is 0 Å². The summed E-state index contributed by atoms with van der Waals surface area (Å²) in [5.41, 5.74) is 6.90. The standard InChI is InChI=1S/C22H23N3O2/c1-25(2)11-12-27-22-14-17-15-7-3-5-9-19(15)23-21(17)13-18(22)16-8-4-6-10-20(16)24-26/h3-10,13-14,23-24,26H,11-12H2,1-2H3. The van der Waals surface area contributed by atoms with Crippen LogP contribution in [0.15, 0.2) is 60.7 Å². The first-order chi connectivity index (χ1) is 13.2. The van der Waals surface area contributed by atoms with Crippen LogP contribution in [0.1, 0.15) is 0 Å². The second-order valence-electron chi connectivity index (χ2n) is 6.87. The molecule has 27 heavy (non-hydrogen) atoms. The minimum absolute atomic E-state index is 0.586. The number of rotatable bonds is 6. The third kappa shape index (κ3) is 3.35. The molecule has 138 valence electrons. The van der Waals surface area contributed by atoms with E-state index in [1.54, 1.807) is 0 Å². The van der Waals surface area contributed by atoms with Crippen molar-refractivity contribution in [3.8, 4) is 16.9 Å². The summed E-state index contributed by atoms with van der Waals surface area (Å²) < 4.78 is 6.16. The Kier molecular flexibility index (Phi) is 4.71. The van der Waals surface area contributed by atoms with Gasteiger partial charge in [-0.3, -0.25) is 10.7 Å². The number of para-hydroxylation sites is 2. The predicted octanol–water partition coefficient (Wildman–Crippen LogP) is 4.73. The van der Waals surface area contributed by atoms with Gasteiger partial charge in [0.2, 0.25) is 0 Å². The largest absolute Gasteiger partial charge is 0.492 e. The van der Waals surface area contributed by atoms with Crippen LogP contribution in [0.2, 0.25) is 0 Å². The minimum Gasteiger partial charge on any atom is -0.492 e. The molecule has 0 unspecified atom stereocenters. The molecule has 5 heteroatoms. The Morgan fingerprint density at radius 1 is 0.926 bits per heavy atom. The molecule has 3 aromatic carbocycles. The number of nitrogens with one attached hydrogen (secondary N) is 2. The van der Waals surface area contributed by atoms with E-state index < -0.39 is 0 Å². The number of likely N-dealkylation sites (N-methyl/N-ethyl adjacent to an activating group) is 1. The van der Waals surface area contributed by atoms with Crippen molar-refractivity contribution in [1.29, 1.82) is 0 Å². The van der Waals surface area contributed by atoms with E-state index in [1.807, 2.05) is 50.5 Å². The molecule has 4 aromatic rings. The molecule has 0 spiro atoms. The highest BCUT2D eigenvalue weighted by Crippen LogP contribution is 2.39. The van der Waals surface area contributed by atoms with Gasteiger partial charge in [-0.15, -0.1) is 0 Å². The Morgan fingerprint density at radius 2 is 1.70 bits per heavy atom. The van der Waals surface area contributed by atoms with Crippen molar-refractivity contribution in [2.24, 2.45) is 0 Å². The van der Waals surface area contributed by atoms with Crippen LogP contribution in [0.5, 0.6) is 5.75 Å². The van der Waals surface area contributed by atoms with Gasteiger partial charge in [-0.1, -0.05) is 36.4 Å². The topological polar surface area (TPSA) is 60.5 Å². The molecule has 0 fully saturated rings. The van der Waals surface area contributed by atoms with Gasteiger partial charge in [0, 0.05) is 39.5 Å². The van der Waals surface area contributed by atoms with Gasteiger partial charge < -0.3 is 14.6 Å². The molecule has 1 aromatic heterocycles. The smallest absolute Gasteiger partial charge is 0.128 e. The fourth-order valence-corrected chi connectivity index (χ4v) is 3.36. The molecule has 0 bridgehead atoms. The van der Waals surface area contributed by atoms with Gasteiger partial charge in [-0.05, 0) is 38.4 Å². The molecule has 0 saturated heterocycles. The third-order valence-electron chi connectivity index (χ3n) is 4.74. The molecule has 4 rings (SSSR count). The summed E-state index contributed by atoms with van der Waals surface area (Å²) in [6.07, 6.45) is 0. The van der Waals surface area contributed by atoms with Crippen molar-refractivity contribution in [2.75, 3.05) is 32.7 Å². The van der Waals surface area contributed by atoms with Gasteiger partial charge in [-0.2, -0.15) is 0 Å². The molecule has 3 N–H and O–H groups in total. The van der Waals surface area contributed by atoms with Crippen LogP contribution in [0, 0.1) is 0 Å². The van der Waals surface area contributed by atoms with E-state index in [0.29, 0.717) is 12.3 Å². The lowest BCUT2D eigenvalue weighted by atomic mass is 10.0. The average molecular weight is 361 g/mol. The maximum atomic E-state index is 9.54. The van der Waals surface area contributed by atoms with Gasteiger partial charge in [0.05, 0.1) is 5.69 Å². The Bertz CT molecular complexity index is 1090. The number of fused-ring (bicyclic) bond motifs is 3. The summed E-state index contributed by atoms with van der Waals surface area (Å²) in [6, 6.07) is 20.1. The van der Waals surface area contributed by atoms with Gasteiger partial charge in [0.1, 0.15) is 12.4 Å². The summed E-state index contributed by atoms with van der Waals surface area (Å²) in [5, 5.41) is 11.8. The lowest BCUT2D eigenvalue weighted by molar-refractivity contribution is 0.262. The van der Waals surface area contributed by atoms with Crippen LogP contribution < -0.4 is 10.2 Å². The number of aromatic nitrogens is 1. The second-order valence-corrected chi connectivity index (χ2v) is 6.87. The van der Waals surface area contributed by atoms with E-state index in [1.165, 1.54) is 5.39 Å². The van der Waals surface area contributed by atoms with Crippen LogP contribution >= 0.6 is 0 Å². The lowest BCUT2D eigenvalue weighted by Crippen LogP contribution is -2.19. The second kappa shape index (κ2) is 7.31.